The summed E-state index contributed by atoms with van der Waals surface area (Å²) in [5, 5.41) is 6.85. The zero-order valence-electron chi connectivity index (χ0n) is 21.8. The Hall–Kier alpha value is -3.82. The smallest absolute Gasteiger partial charge is 0.356 e. The van der Waals surface area contributed by atoms with Gasteiger partial charge in [0, 0.05) is 5.56 Å². The van der Waals surface area contributed by atoms with Crippen molar-refractivity contribution in [1.82, 2.24) is 10.2 Å². The highest BCUT2D eigenvalue weighted by molar-refractivity contribution is 5.88. The number of carbonyl (C=O) groups excluding carboxylic acids is 1. The molecule has 0 spiro atoms. The third kappa shape index (κ3) is 6.79. The molecular formula is C31H32N2O6. The topological polar surface area (TPSA) is 91.9 Å². The number of nitrogens with zero attached hydrogens (tertiary/aromatic N) is 1. The molecule has 2 heterocycles. The summed E-state index contributed by atoms with van der Waals surface area (Å²) in [5.41, 5.74) is 3.89. The number of nitrogens with one attached hydrogen (secondary N) is 1. The van der Waals surface area contributed by atoms with E-state index in [4.69, 9.17) is 23.7 Å². The first-order valence-electron chi connectivity index (χ1n) is 12.9. The van der Waals surface area contributed by atoms with Crippen LogP contribution in [-0.4, -0.2) is 48.2 Å². The summed E-state index contributed by atoms with van der Waals surface area (Å²) in [6.07, 6.45) is -0.524. The third-order valence-electron chi connectivity index (χ3n) is 6.64. The molecule has 1 N–H and O–H groups in total. The lowest BCUT2D eigenvalue weighted by Crippen LogP contribution is -2.38. The SMILES string of the molecule is COC(=O)c1[nH]ncc1[C@@H]1O[C@H](COCc2ccccc2)[C@@H](OCc2ccccc2)[C@H]1OCc1ccccc1. The maximum Gasteiger partial charge on any atom is 0.356 e. The number of aromatic nitrogens is 2. The molecule has 0 amide bonds. The predicted octanol–water partition coefficient (Wildman–Crippen LogP) is 5.02. The van der Waals surface area contributed by atoms with Gasteiger partial charge in [0.05, 0.1) is 39.7 Å². The van der Waals surface area contributed by atoms with Gasteiger partial charge in [0.2, 0.25) is 0 Å². The van der Waals surface area contributed by atoms with E-state index in [0.717, 1.165) is 16.7 Å². The van der Waals surface area contributed by atoms with E-state index in [1.54, 1.807) is 6.20 Å². The van der Waals surface area contributed by atoms with E-state index in [1.165, 1.54) is 7.11 Å². The molecular weight excluding hydrogens is 496 g/mol. The number of hydrogen-bond donors (Lipinski definition) is 1. The van der Waals surface area contributed by atoms with Gasteiger partial charge in [0.1, 0.15) is 30.1 Å². The van der Waals surface area contributed by atoms with Crippen LogP contribution in [0.1, 0.15) is 38.8 Å². The molecule has 0 radical (unpaired) electrons. The van der Waals surface area contributed by atoms with Gasteiger partial charge in [-0.3, -0.25) is 5.10 Å². The van der Waals surface area contributed by atoms with Crippen molar-refractivity contribution in [1.29, 1.82) is 0 Å². The average molecular weight is 529 g/mol. The minimum atomic E-state index is -0.632. The van der Waals surface area contributed by atoms with Crippen molar-refractivity contribution in [2.75, 3.05) is 13.7 Å². The molecule has 8 heteroatoms. The summed E-state index contributed by atoms with van der Waals surface area (Å²) >= 11 is 0. The number of H-pyrrole nitrogens is 1. The summed E-state index contributed by atoms with van der Waals surface area (Å²) in [6, 6.07) is 29.8. The van der Waals surface area contributed by atoms with E-state index < -0.39 is 30.4 Å². The molecule has 0 unspecified atom stereocenters. The van der Waals surface area contributed by atoms with Crippen LogP contribution >= 0.6 is 0 Å². The molecule has 5 rings (SSSR count). The van der Waals surface area contributed by atoms with Gasteiger partial charge in [0.25, 0.3) is 0 Å². The Kier molecular flexibility index (Phi) is 9.13. The molecule has 202 valence electrons. The lowest BCUT2D eigenvalue weighted by molar-refractivity contribution is -0.0898. The normalized spacial score (nSPS) is 20.6. The van der Waals surface area contributed by atoms with Crippen LogP contribution in [0, 0.1) is 0 Å². The predicted molar refractivity (Wildman–Crippen MR) is 144 cm³/mol. The van der Waals surface area contributed by atoms with Gasteiger partial charge in [-0.05, 0) is 16.7 Å². The minimum Gasteiger partial charge on any atom is -0.464 e. The van der Waals surface area contributed by atoms with Crippen molar-refractivity contribution in [3.05, 3.63) is 125 Å². The summed E-state index contributed by atoms with van der Waals surface area (Å²) in [5.74, 6) is -0.529. The quantitative estimate of drug-likeness (QED) is 0.258. The molecule has 0 aliphatic carbocycles. The van der Waals surface area contributed by atoms with Crippen molar-refractivity contribution in [2.24, 2.45) is 0 Å². The zero-order valence-corrected chi connectivity index (χ0v) is 21.8. The molecule has 8 nitrogen and oxygen atoms in total. The van der Waals surface area contributed by atoms with E-state index in [1.807, 2.05) is 91.0 Å². The highest BCUT2D eigenvalue weighted by Gasteiger charge is 2.48. The summed E-state index contributed by atoms with van der Waals surface area (Å²) in [4.78, 5) is 12.5. The van der Waals surface area contributed by atoms with Crippen molar-refractivity contribution < 1.29 is 28.5 Å². The molecule has 1 saturated heterocycles. The van der Waals surface area contributed by atoms with Crippen LogP contribution in [0.3, 0.4) is 0 Å². The Morgan fingerprint density at radius 3 is 1.90 bits per heavy atom. The Morgan fingerprint density at radius 2 is 1.33 bits per heavy atom. The number of esters is 1. The first-order valence-corrected chi connectivity index (χ1v) is 12.9. The van der Waals surface area contributed by atoms with Crippen LogP contribution in [0.4, 0.5) is 0 Å². The van der Waals surface area contributed by atoms with E-state index in [2.05, 4.69) is 10.2 Å². The highest BCUT2D eigenvalue weighted by Crippen LogP contribution is 2.39. The van der Waals surface area contributed by atoms with E-state index in [0.29, 0.717) is 25.4 Å². The van der Waals surface area contributed by atoms with Crippen LogP contribution in [0.5, 0.6) is 0 Å². The molecule has 1 aliphatic heterocycles. The maximum absolute atomic E-state index is 12.5. The lowest BCUT2D eigenvalue weighted by atomic mass is 10.0. The number of ether oxygens (including phenoxy) is 5. The second kappa shape index (κ2) is 13.3. The highest BCUT2D eigenvalue weighted by atomic mass is 16.6. The molecule has 3 aromatic carbocycles. The summed E-state index contributed by atoms with van der Waals surface area (Å²) in [6.45, 7) is 1.43. The fourth-order valence-electron chi connectivity index (χ4n) is 4.67. The van der Waals surface area contributed by atoms with Crippen LogP contribution in [-0.2, 0) is 43.5 Å². The number of carbonyl (C=O) groups is 1. The molecule has 4 atom stereocenters. The second-order valence-corrected chi connectivity index (χ2v) is 9.31. The third-order valence-corrected chi connectivity index (χ3v) is 6.64. The molecule has 4 aromatic rings. The Balaban J connectivity index is 1.41. The molecule has 1 fully saturated rings. The van der Waals surface area contributed by atoms with Crippen molar-refractivity contribution in [3.8, 4) is 0 Å². The van der Waals surface area contributed by atoms with Crippen molar-refractivity contribution in [2.45, 2.75) is 44.2 Å². The summed E-state index contributed by atoms with van der Waals surface area (Å²) in [7, 11) is 1.33. The van der Waals surface area contributed by atoms with Gasteiger partial charge in [-0.15, -0.1) is 0 Å². The van der Waals surface area contributed by atoms with Gasteiger partial charge >= 0.3 is 5.97 Å². The van der Waals surface area contributed by atoms with Crippen molar-refractivity contribution in [3.63, 3.8) is 0 Å². The monoisotopic (exact) mass is 528 g/mol. The van der Waals surface area contributed by atoms with Crippen LogP contribution < -0.4 is 0 Å². The average Bonchev–Trinajstić information content (AvgIpc) is 3.61. The fourth-order valence-corrected chi connectivity index (χ4v) is 4.67. The minimum absolute atomic E-state index is 0.225. The fraction of sp³-hybridized carbons (Fsp3) is 0.290. The Bertz CT molecular complexity index is 1300. The van der Waals surface area contributed by atoms with E-state index in [-0.39, 0.29) is 12.3 Å². The number of hydrogen-bond acceptors (Lipinski definition) is 7. The van der Waals surface area contributed by atoms with E-state index >= 15 is 0 Å². The molecule has 1 aromatic heterocycles. The number of methoxy groups -OCH3 is 1. The largest absolute Gasteiger partial charge is 0.464 e. The Morgan fingerprint density at radius 1 is 0.795 bits per heavy atom. The zero-order chi connectivity index (χ0) is 26.9. The summed E-state index contributed by atoms with van der Waals surface area (Å²) < 4.78 is 30.6. The number of benzene rings is 3. The van der Waals surface area contributed by atoms with E-state index in [9.17, 15) is 4.79 Å². The second-order valence-electron chi connectivity index (χ2n) is 9.31. The number of rotatable bonds is 12. The maximum atomic E-state index is 12.5. The van der Waals surface area contributed by atoms with Gasteiger partial charge in [-0.25, -0.2) is 4.79 Å². The van der Waals surface area contributed by atoms with Crippen LogP contribution in [0.15, 0.2) is 97.2 Å². The lowest BCUT2D eigenvalue weighted by Gasteiger charge is -2.25. The molecule has 39 heavy (non-hydrogen) atoms. The first kappa shape index (κ1) is 26.8. The molecule has 0 bridgehead atoms. The Labute approximate surface area is 227 Å². The van der Waals surface area contributed by atoms with Crippen LogP contribution in [0.25, 0.3) is 0 Å². The van der Waals surface area contributed by atoms with Gasteiger partial charge in [0.15, 0.2) is 0 Å². The number of aromatic amines is 1. The van der Waals surface area contributed by atoms with Gasteiger partial charge in [-0.1, -0.05) is 91.0 Å². The first-order chi connectivity index (χ1) is 19.2. The van der Waals surface area contributed by atoms with Gasteiger partial charge in [-0.2, -0.15) is 5.10 Å². The standard InChI is InChI=1S/C31H32N2O6/c1-35-31(34)27-25(17-32-33-27)28-30(38-20-24-15-9-4-10-16-24)29(37-19-23-13-7-3-8-14-23)26(39-28)21-36-18-22-11-5-2-6-12-22/h2-17,26,28-30H,18-21H2,1H3,(H,32,33)/t26-,28+,29-,30+/m1/s1. The van der Waals surface area contributed by atoms with Gasteiger partial charge < -0.3 is 23.7 Å². The molecule has 0 saturated carbocycles. The van der Waals surface area contributed by atoms with Crippen LogP contribution in [0.2, 0.25) is 0 Å². The van der Waals surface area contributed by atoms with Crippen molar-refractivity contribution >= 4 is 5.97 Å². The molecule has 1 aliphatic rings.